The summed E-state index contributed by atoms with van der Waals surface area (Å²) in [5, 5.41) is 3.98. The molecule has 2 heterocycles. The zero-order valence-corrected chi connectivity index (χ0v) is 16.6. The van der Waals surface area contributed by atoms with E-state index in [9.17, 15) is 4.79 Å². The maximum Gasteiger partial charge on any atom is 0.258 e. The lowest BCUT2D eigenvalue weighted by Gasteiger charge is -2.16. The Morgan fingerprint density at radius 3 is 2.74 bits per heavy atom. The van der Waals surface area contributed by atoms with E-state index in [4.69, 9.17) is 9.15 Å². The van der Waals surface area contributed by atoms with Crippen LogP contribution in [0.3, 0.4) is 0 Å². The van der Waals surface area contributed by atoms with Crippen LogP contribution in [0, 0.1) is 0 Å². The van der Waals surface area contributed by atoms with Crippen LogP contribution in [-0.4, -0.2) is 24.0 Å². The molecule has 1 aliphatic rings. The Morgan fingerprint density at radius 2 is 1.93 bits per heavy atom. The first-order chi connectivity index (χ1) is 13.2. The number of carbonyl (C=O) groups excluding carboxylic acids is 1. The summed E-state index contributed by atoms with van der Waals surface area (Å²) in [5.74, 6) is 3.67. The summed E-state index contributed by atoms with van der Waals surface area (Å²) in [4.78, 5) is 12.4. The van der Waals surface area contributed by atoms with Crippen LogP contribution < -0.4 is 10.1 Å². The first kappa shape index (κ1) is 18.3. The van der Waals surface area contributed by atoms with Crippen molar-refractivity contribution in [3.63, 3.8) is 0 Å². The fourth-order valence-corrected chi connectivity index (χ4v) is 5.97. The molecule has 1 fully saturated rings. The molecule has 1 amide bonds. The van der Waals surface area contributed by atoms with Crippen molar-refractivity contribution in [3.8, 4) is 5.75 Å². The van der Waals surface area contributed by atoms with Crippen molar-refractivity contribution >= 4 is 40.4 Å². The minimum Gasteiger partial charge on any atom is -0.483 e. The maximum atomic E-state index is 12.4. The molecule has 1 aliphatic heterocycles. The second kappa shape index (κ2) is 8.31. The first-order valence-corrected chi connectivity index (χ1v) is 11.0. The molecule has 140 valence electrons. The van der Waals surface area contributed by atoms with Gasteiger partial charge >= 0.3 is 0 Å². The first-order valence-electron chi connectivity index (χ1n) is 8.93. The van der Waals surface area contributed by atoms with Crippen LogP contribution >= 0.6 is 23.5 Å². The van der Waals surface area contributed by atoms with Crippen molar-refractivity contribution in [2.75, 3.05) is 18.1 Å². The Balaban J connectivity index is 1.37. The van der Waals surface area contributed by atoms with Gasteiger partial charge in [0.15, 0.2) is 6.61 Å². The van der Waals surface area contributed by atoms with Crippen LogP contribution in [0.25, 0.3) is 11.0 Å². The molecule has 4 nitrogen and oxygen atoms in total. The highest BCUT2D eigenvalue weighted by Gasteiger charge is 2.22. The molecule has 3 aromatic rings. The van der Waals surface area contributed by atoms with Gasteiger partial charge in [0.1, 0.15) is 17.1 Å². The molecule has 0 spiro atoms. The lowest BCUT2D eigenvalue weighted by Crippen LogP contribution is -2.31. The molecule has 6 heteroatoms. The third-order valence-electron chi connectivity index (χ3n) is 4.40. The fourth-order valence-electron chi connectivity index (χ4n) is 3.06. The minimum atomic E-state index is -0.218. The molecule has 1 saturated heterocycles. The molecule has 0 aliphatic carbocycles. The van der Waals surface area contributed by atoms with Gasteiger partial charge in [-0.3, -0.25) is 4.79 Å². The summed E-state index contributed by atoms with van der Waals surface area (Å²) < 4.78 is 12.0. The van der Waals surface area contributed by atoms with Crippen molar-refractivity contribution in [1.29, 1.82) is 0 Å². The fraction of sp³-hybridized carbons (Fsp3) is 0.286. The van der Waals surface area contributed by atoms with Crippen LogP contribution in [0.4, 0.5) is 0 Å². The Morgan fingerprint density at radius 1 is 1.19 bits per heavy atom. The molecule has 0 radical (unpaired) electrons. The molecule has 1 aromatic heterocycles. The largest absolute Gasteiger partial charge is 0.483 e. The number of benzene rings is 2. The smallest absolute Gasteiger partial charge is 0.258 e. The number of nitrogens with one attached hydrogen (secondary N) is 1. The van der Waals surface area contributed by atoms with Gasteiger partial charge in [0.25, 0.3) is 5.91 Å². The van der Waals surface area contributed by atoms with E-state index in [0.717, 1.165) is 39.5 Å². The van der Waals surface area contributed by atoms with E-state index < -0.39 is 0 Å². The number of hydrogen-bond acceptors (Lipinski definition) is 5. The molecule has 1 N–H and O–H groups in total. The molecular weight excluding hydrogens is 378 g/mol. The zero-order valence-electron chi connectivity index (χ0n) is 15.0. The summed E-state index contributed by atoms with van der Waals surface area (Å²) >= 11 is 3.85. The van der Waals surface area contributed by atoms with Crippen molar-refractivity contribution in [2.45, 2.75) is 17.5 Å². The van der Waals surface area contributed by atoms with Gasteiger partial charge in [0.05, 0.1) is 10.6 Å². The summed E-state index contributed by atoms with van der Waals surface area (Å²) in [7, 11) is 0. The molecule has 0 bridgehead atoms. The second-order valence-electron chi connectivity index (χ2n) is 6.38. The van der Waals surface area contributed by atoms with Crippen LogP contribution in [0.5, 0.6) is 5.75 Å². The number of fused-ring (bicyclic) bond motifs is 1. The Labute approximate surface area is 167 Å². The summed E-state index contributed by atoms with van der Waals surface area (Å²) in [6, 6.07) is 17.5. The van der Waals surface area contributed by atoms with E-state index in [1.807, 2.05) is 79.0 Å². The highest BCUT2D eigenvalue weighted by molar-refractivity contribution is 8.19. The number of carbonyl (C=O) groups is 1. The highest BCUT2D eigenvalue weighted by atomic mass is 32.2. The topological polar surface area (TPSA) is 51.5 Å². The molecule has 27 heavy (non-hydrogen) atoms. The molecule has 1 atom stereocenters. The lowest BCUT2D eigenvalue weighted by molar-refractivity contribution is -0.123. The van der Waals surface area contributed by atoms with Crippen LogP contribution in [0.15, 0.2) is 59.0 Å². The van der Waals surface area contributed by atoms with Gasteiger partial charge in [-0.15, -0.1) is 23.5 Å². The van der Waals surface area contributed by atoms with E-state index in [1.54, 1.807) is 0 Å². The van der Waals surface area contributed by atoms with Crippen LogP contribution in [0.1, 0.15) is 28.9 Å². The van der Waals surface area contributed by atoms with Crippen molar-refractivity contribution in [2.24, 2.45) is 0 Å². The number of hydrogen-bond donors (Lipinski definition) is 1. The van der Waals surface area contributed by atoms with E-state index in [-0.39, 0.29) is 18.6 Å². The Kier molecular flexibility index (Phi) is 5.64. The maximum absolute atomic E-state index is 12.4. The van der Waals surface area contributed by atoms with Gasteiger partial charge < -0.3 is 14.5 Å². The minimum absolute atomic E-state index is 0.0103. The normalized spacial score (nSPS) is 15.7. The van der Waals surface area contributed by atoms with Gasteiger partial charge in [-0.25, -0.2) is 0 Å². The number of thioether (sulfide) groups is 2. The number of ether oxygens (including phenoxy) is 1. The van der Waals surface area contributed by atoms with Gasteiger partial charge in [-0.1, -0.05) is 36.4 Å². The average molecular weight is 400 g/mol. The third kappa shape index (κ3) is 4.28. The van der Waals surface area contributed by atoms with E-state index >= 15 is 0 Å². The second-order valence-corrected chi connectivity index (χ2v) is 9.10. The predicted molar refractivity (Wildman–Crippen MR) is 112 cm³/mol. The van der Waals surface area contributed by atoms with Crippen LogP contribution in [-0.2, 0) is 4.79 Å². The summed E-state index contributed by atoms with van der Waals surface area (Å²) in [6.07, 6.45) is 0. The van der Waals surface area contributed by atoms with Crippen molar-refractivity contribution < 1.29 is 13.9 Å². The SMILES string of the molecule is C[C@@H](NC(=O)COc1ccccc1C1SCCS1)c1cc2ccccc2o1. The van der Waals surface area contributed by atoms with Crippen molar-refractivity contribution in [1.82, 2.24) is 5.32 Å². The van der Waals surface area contributed by atoms with Crippen molar-refractivity contribution in [3.05, 3.63) is 65.9 Å². The van der Waals surface area contributed by atoms with Gasteiger partial charge in [-0.05, 0) is 25.1 Å². The van der Waals surface area contributed by atoms with Gasteiger partial charge in [0, 0.05) is 22.5 Å². The standard InChI is InChI=1S/C21H21NO3S2/c1-14(19-12-15-6-2-4-8-17(15)25-19)22-20(23)13-24-18-9-5-3-7-16(18)21-26-10-11-27-21/h2-9,12,14,21H,10-11,13H2,1H3,(H,22,23)/t14-/m1/s1. The monoisotopic (exact) mass is 399 g/mol. The molecular formula is C21H21NO3S2. The highest BCUT2D eigenvalue weighted by Crippen LogP contribution is 2.48. The Hall–Kier alpha value is -2.05. The number of para-hydroxylation sites is 2. The zero-order chi connectivity index (χ0) is 18.6. The molecule has 0 unspecified atom stereocenters. The molecule has 4 rings (SSSR count). The number of rotatable bonds is 6. The Bertz CT molecular complexity index is 901. The lowest BCUT2D eigenvalue weighted by atomic mass is 10.2. The quantitative estimate of drug-likeness (QED) is 0.620. The third-order valence-corrected chi connectivity index (χ3v) is 7.47. The van der Waals surface area contributed by atoms with E-state index in [0.29, 0.717) is 4.58 Å². The summed E-state index contributed by atoms with van der Waals surface area (Å²) in [6.45, 7) is 1.90. The number of furan rings is 1. The van der Waals surface area contributed by atoms with E-state index in [2.05, 4.69) is 11.4 Å². The van der Waals surface area contributed by atoms with Gasteiger partial charge in [0.2, 0.25) is 0 Å². The molecule has 2 aromatic carbocycles. The summed E-state index contributed by atoms with van der Waals surface area (Å²) in [5.41, 5.74) is 1.98. The predicted octanol–water partition coefficient (Wildman–Crippen LogP) is 5.17. The molecule has 0 saturated carbocycles. The van der Waals surface area contributed by atoms with Gasteiger partial charge in [-0.2, -0.15) is 0 Å². The van der Waals surface area contributed by atoms with Crippen LogP contribution in [0.2, 0.25) is 0 Å². The number of amides is 1. The van der Waals surface area contributed by atoms with E-state index in [1.165, 1.54) is 0 Å². The average Bonchev–Trinajstić information content (AvgIpc) is 3.36.